The Balaban J connectivity index is 0.000000109. The van der Waals surface area contributed by atoms with Crippen molar-refractivity contribution in [2.45, 2.75) is 57.8 Å². The summed E-state index contributed by atoms with van der Waals surface area (Å²) in [5.41, 5.74) is 36.5. The Morgan fingerprint density at radius 3 is 0.781 bits per heavy atom. The predicted octanol–water partition coefficient (Wildman–Crippen LogP) is 38.5. The van der Waals surface area contributed by atoms with Crippen molar-refractivity contribution in [3.05, 3.63) is 500 Å². The van der Waals surface area contributed by atoms with E-state index in [1.807, 2.05) is 34.0 Å². The summed E-state index contributed by atoms with van der Waals surface area (Å²) in [6.07, 6.45) is 0. The Labute approximate surface area is 811 Å². The molecule has 3 nitrogen and oxygen atoms in total. The van der Waals surface area contributed by atoms with E-state index in [4.69, 9.17) is 0 Å². The summed E-state index contributed by atoms with van der Waals surface area (Å²) in [4.78, 5) is 7.18. The van der Waals surface area contributed by atoms with Crippen molar-refractivity contribution in [2.24, 2.45) is 0 Å². The molecule has 3 aliphatic rings. The maximum Gasteiger partial charge on any atom is 0.0468 e. The Hall–Kier alpha value is -15.8. The van der Waals surface area contributed by atoms with Crippen LogP contribution in [0.1, 0.15) is 74.9 Å². The second-order valence-electron chi connectivity index (χ2n) is 38.2. The number of para-hydroxylation sites is 2. The molecule has 0 saturated heterocycles. The maximum atomic E-state index is 2.44. The van der Waals surface area contributed by atoms with Crippen LogP contribution in [0.4, 0.5) is 51.2 Å². The third kappa shape index (κ3) is 14.3. The first-order valence-corrected chi connectivity index (χ1v) is 49.9. The van der Waals surface area contributed by atoms with Gasteiger partial charge in [0, 0.05) is 128 Å². The first kappa shape index (κ1) is 83.1. The lowest BCUT2D eigenvalue weighted by Gasteiger charge is -2.28. The van der Waals surface area contributed by atoms with E-state index in [0.29, 0.717) is 0 Å². The highest BCUT2D eigenvalue weighted by atomic mass is 32.1. The van der Waals surface area contributed by atoms with Crippen LogP contribution >= 0.6 is 34.0 Å². The SMILES string of the molecule is CC1(C)c2cc(N(c3ccccc3)c3ccc(-c4ccc5ccccc5c4)cc3)ccc2-c2c1ccc1sc3ccccc3c21.CC1(C)c2ccc(N(c3ccc(-c4ccccc4)cc3)c3ccc(-c4ccccc4)cc3)cc2-c2c1ccc1sc3ccccc3c21.CC1(C)c2ccc(N(c3ccccc3)c3ccc(-c4ccc5ccccc5c4)cc3)cc2-c2c1ccc1sc3ccccc3c21. The summed E-state index contributed by atoms with van der Waals surface area (Å²) in [6, 6.07) is 171. The maximum absolute atomic E-state index is 2.44. The minimum atomic E-state index is -0.111. The van der Waals surface area contributed by atoms with E-state index in [1.165, 1.54) is 205 Å². The number of thiophene rings is 3. The molecule has 137 heavy (non-hydrogen) atoms. The van der Waals surface area contributed by atoms with E-state index in [9.17, 15) is 0 Å². The minimum absolute atomic E-state index is 0.0699. The lowest BCUT2D eigenvalue weighted by atomic mass is 9.82. The van der Waals surface area contributed by atoms with Crippen molar-refractivity contribution in [2.75, 3.05) is 14.7 Å². The standard InChI is InChI=1S/C45H33NS.2C43H31NS/c1-45(2)39-26-25-36(29-38(39)43-40(45)27-28-42-44(43)37-15-9-10-16-41(37)47-42)46(34-21-17-32(18-22-34)30-11-5-3-6-12-30)35-23-19-33(20-24-35)31-13-7-4-8-14-31;1-43(2)37-24-25-40-42(36-14-8-9-15-39(36)45-40)41(37)35-23-22-34(27-38(35)43)44(32-12-4-3-5-13-32)33-20-18-29(19-21-33)31-17-16-28-10-6-7-11-30(28)26-31;1-43(2)37-23-22-34(27-36(37)41-38(43)24-25-40-42(41)35-14-8-9-15-39(35)45-40)44(32-12-4-3-5-13-32)33-20-18-29(19-21-33)31-17-16-28-10-6-7-11-30(28)26-31/h3-29H,1-2H3;2*3-27H,1-2H3. The van der Waals surface area contributed by atoms with Crippen LogP contribution in [0.25, 0.3) is 160 Å². The number of hydrogen-bond donors (Lipinski definition) is 0. The molecule has 0 fully saturated rings. The third-order valence-corrected chi connectivity index (χ3v) is 32.6. The molecule has 6 heteroatoms. The fourth-order valence-corrected chi connectivity index (χ4v) is 25.6. The third-order valence-electron chi connectivity index (χ3n) is 29.2. The second kappa shape index (κ2) is 33.4. The van der Waals surface area contributed by atoms with Crippen molar-refractivity contribution in [1.29, 1.82) is 0 Å². The molecule has 21 aromatic carbocycles. The van der Waals surface area contributed by atoms with Crippen molar-refractivity contribution in [3.63, 3.8) is 0 Å². The molecule has 24 aromatic rings. The number of nitrogens with zero attached hydrogens (tertiary/aromatic N) is 3. The quantitative estimate of drug-likeness (QED) is 0.114. The van der Waals surface area contributed by atoms with Gasteiger partial charge in [0.1, 0.15) is 0 Å². The van der Waals surface area contributed by atoms with Crippen LogP contribution in [0.2, 0.25) is 0 Å². The van der Waals surface area contributed by atoms with Crippen molar-refractivity contribution in [1.82, 2.24) is 0 Å². The zero-order valence-corrected chi connectivity index (χ0v) is 79.5. The molecule has 3 heterocycles. The average Bonchev–Trinajstić information content (AvgIpc) is 1.55. The van der Waals surface area contributed by atoms with Gasteiger partial charge in [-0.2, -0.15) is 0 Å². The number of fused-ring (bicyclic) bond motifs is 23. The number of anilines is 9. The molecule has 652 valence electrons. The molecule has 0 amide bonds. The van der Waals surface area contributed by atoms with E-state index >= 15 is 0 Å². The monoisotopic (exact) mass is 1810 g/mol. The van der Waals surface area contributed by atoms with Gasteiger partial charge in [0.25, 0.3) is 0 Å². The van der Waals surface area contributed by atoms with E-state index in [1.54, 1.807) is 0 Å². The zero-order valence-electron chi connectivity index (χ0n) is 77.0. The normalized spacial score (nSPS) is 13.2. The Morgan fingerprint density at radius 2 is 0.416 bits per heavy atom. The van der Waals surface area contributed by atoms with Gasteiger partial charge >= 0.3 is 0 Å². The zero-order chi connectivity index (χ0) is 91.8. The summed E-state index contributed by atoms with van der Waals surface area (Å²) < 4.78 is 8.11. The van der Waals surface area contributed by atoms with Crippen molar-refractivity contribution < 1.29 is 0 Å². The van der Waals surface area contributed by atoms with Gasteiger partial charge in [-0.15, -0.1) is 34.0 Å². The molecule has 3 aliphatic carbocycles. The van der Waals surface area contributed by atoms with Gasteiger partial charge in [-0.05, 0) is 291 Å². The molecule has 0 radical (unpaired) electrons. The summed E-state index contributed by atoms with van der Waals surface area (Å²) in [6.45, 7) is 14.3. The molecule has 0 aliphatic heterocycles. The molecule has 0 atom stereocenters. The number of hydrogen-bond acceptors (Lipinski definition) is 6. The van der Waals surface area contributed by atoms with Crippen LogP contribution < -0.4 is 14.7 Å². The van der Waals surface area contributed by atoms with Crippen LogP contribution in [0.5, 0.6) is 0 Å². The van der Waals surface area contributed by atoms with Crippen molar-refractivity contribution >= 4 is 167 Å². The van der Waals surface area contributed by atoms with Crippen LogP contribution in [0.3, 0.4) is 0 Å². The van der Waals surface area contributed by atoms with E-state index in [0.717, 1.165) is 39.8 Å². The smallest absolute Gasteiger partial charge is 0.0468 e. The van der Waals surface area contributed by atoms with Crippen LogP contribution in [0.15, 0.2) is 467 Å². The molecule has 27 rings (SSSR count). The molecular formula is C131H95N3S3. The largest absolute Gasteiger partial charge is 0.310 e. The molecule has 0 saturated carbocycles. The number of rotatable bonds is 13. The highest BCUT2D eigenvalue weighted by molar-refractivity contribution is 7.26. The number of benzene rings is 21. The summed E-state index contributed by atoms with van der Waals surface area (Å²) >= 11 is 5.69. The van der Waals surface area contributed by atoms with Crippen LogP contribution in [-0.2, 0) is 16.2 Å². The van der Waals surface area contributed by atoms with Crippen LogP contribution in [0, 0.1) is 0 Å². The Kier molecular flexibility index (Phi) is 20.2. The first-order chi connectivity index (χ1) is 67.2. The van der Waals surface area contributed by atoms with Gasteiger partial charge in [0.15, 0.2) is 0 Å². The molecule has 0 spiro atoms. The minimum Gasteiger partial charge on any atom is -0.310 e. The lowest BCUT2D eigenvalue weighted by molar-refractivity contribution is 0.661. The van der Waals surface area contributed by atoms with Crippen LogP contribution in [-0.4, -0.2) is 0 Å². The van der Waals surface area contributed by atoms with E-state index in [2.05, 4.69) is 523 Å². The highest BCUT2D eigenvalue weighted by Gasteiger charge is 2.42. The fourth-order valence-electron chi connectivity index (χ4n) is 22.2. The molecule has 0 unspecified atom stereocenters. The van der Waals surface area contributed by atoms with Gasteiger partial charge in [0.05, 0.1) is 0 Å². The summed E-state index contributed by atoms with van der Waals surface area (Å²) in [7, 11) is 0. The summed E-state index contributed by atoms with van der Waals surface area (Å²) in [5.74, 6) is 0. The van der Waals surface area contributed by atoms with Gasteiger partial charge in [0.2, 0.25) is 0 Å². The first-order valence-electron chi connectivity index (χ1n) is 47.5. The van der Waals surface area contributed by atoms with Gasteiger partial charge in [-0.1, -0.05) is 351 Å². The van der Waals surface area contributed by atoms with Crippen molar-refractivity contribution in [3.8, 4) is 77.9 Å². The Bertz CT molecular complexity index is 8750. The van der Waals surface area contributed by atoms with E-state index in [-0.39, 0.29) is 16.2 Å². The van der Waals surface area contributed by atoms with Gasteiger partial charge < -0.3 is 14.7 Å². The summed E-state index contributed by atoms with van der Waals surface area (Å²) in [5, 5.41) is 13.3. The molecule has 0 bridgehead atoms. The molecule has 0 N–H and O–H groups in total. The Morgan fingerprint density at radius 1 is 0.161 bits per heavy atom. The lowest BCUT2D eigenvalue weighted by Crippen LogP contribution is -2.16. The van der Waals surface area contributed by atoms with Gasteiger partial charge in [-0.25, -0.2) is 0 Å². The highest BCUT2D eigenvalue weighted by Crippen LogP contribution is 2.60. The topological polar surface area (TPSA) is 9.72 Å². The fraction of sp³-hybridized carbons (Fsp3) is 0.0687. The van der Waals surface area contributed by atoms with E-state index < -0.39 is 0 Å². The van der Waals surface area contributed by atoms with Gasteiger partial charge in [-0.3, -0.25) is 0 Å². The average molecular weight is 1810 g/mol. The second-order valence-corrected chi connectivity index (χ2v) is 41.4. The molecular weight excluding hydrogens is 1710 g/mol. The predicted molar refractivity (Wildman–Crippen MR) is 591 cm³/mol. The molecule has 3 aromatic heterocycles.